The van der Waals surface area contributed by atoms with E-state index >= 15 is 0 Å². The average molecular weight is 355 g/mol. The van der Waals surface area contributed by atoms with Gasteiger partial charge < -0.3 is 19.7 Å². The van der Waals surface area contributed by atoms with Crippen LogP contribution in [0.4, 0.5) is 5.69 Å². The van der Waals surface area contributed by atoms with Crippen molar-refractivity contribution in [2.24, 2.45) is 5.92 Å². The van der Waals surface area contributed by atoms with Crippen LogP contribution in [0.5, 0.6) is 0 Å². The van der Waals surface area contributed by atoms with Crippen LogP contribution >= 0.6 is 0 Å². The van der Waals surface area contributed by atoms with Gasteiger partial charge in [-0.3, -0.25) is 4.79 Å². The Kier molecular flexibility index (Phi) is 5.93. The first-order valence-electron chi connectivity index (χ1n) is 9.33. The number of anilines is 1. The highest BCUT2D eigenvalue weighted by molar-refractivity contribution is 5.94. The molecule has 140 valence electrons. The molecule has 0 saturated carbocycles. The number of nitrogens with one attached hydrogen (secondary N) is 1. The zero-order valence-electron chi connectivity index (χ0n) is 16.0. The number of imidazole rings is 1. The van der Waals surface area contributed by atoms with E-state index in [1.165, 1.54) is 5.69 Å². The fourth-order valence-corrected chi connectivity index (χ4v) is 3.21. The van der Waals surface area contributed by atoms with Gasteiger partial charge in [0.2, 0.25) is 0 Å². The molecule has 6 nitrogen and oxygen atoms in total. The Morgan fingerprint density at radius 2 is 1.85 bits per heavy atom. The molecule has 1 aromatic heterocycles. The smallest absolute Gasteiger partial charge is 0.251 e. The minimum Gasteiger partial charge on any atom is -0.369 e. The Hall–Kier alpha value is -2.34. The summed E-state index contributed by atoms with van der Waals surface area (Å²) >= 11 is 0. The molecule has 1 amide bonds. The first kappa shape index (κ1) is 18.5. The van der Waals surface area contributed by atoms with Crippen molar-refractivity contribution in [1.29, 1.82) is 0 Å². The van der Waals surface area contributed by atoms with Gasteiger partial charge in [0.15, 0.2) is 0 Å². The molecule has 0 atom stereocenters. The van der Waals surface area contributed by atoms with Crippen LogP contribution in [0.1, 0.15) is 29.9 Å². The number of hydrogen-bond acceptors (Lipinski definition) is 4. The molecule has 1 aliphatic heterocycles. The van der Waals surface area contributed by atoms with Gasteiger partial charge in [-0.05, 0) is 37.2 Å². The topological polar surface area (TPSA) is 53.4 Å². The van der Waals surface area contributed by atoms with Crippen molar-refractivity contribution in [3.05, 3.63) is 48.0 Å². The largest absolute Gasteiger partial charge is 0.369 e. The molecule has 1 saturated heterocycles. The van der Waals surface area contributed by atoms with Crippen LogP contribution in [-0.2, 0) is 13.1 Å². The van der Waals surface area contributed by atoms with Crippen molar-refractivity contribution in [2.45, 2.75) is 26.9 Å². The first-order valence-corrected chi connectivity index (χ1v) is 9.33. The molecule has 0 spiro atoms. The van der Waals surface area contributed by atoms with Crippen molar-refractivity contribution < 1.29 is 4.79 Å². The van der Waals surface area contributed by atoms with Crippen LogP contribution in [0.3, 0.4) is 0 Å². The highest BCUT2D eigenvalue weighted by Gasteiger charge is 2.15. The molecule has 3 rings (SSSR count). The standard InChI is InChI=1S/C20H29N5O/c1-16(2)14-25-15-21-12-19(25)13-22-20(26)17-4-6-18(7-5-17)24-10-8-23(3)9-11-24/h4-7,12,15-16H,8-11,13-14H2,1-3H3,(H,22,26). The summed E-state index contributed by atoms with van der Waals surface area (Å²) in [5.41, 5.74) is 2.91. The third-order valence-corrected chi connectivity index (χ3v) is 4.79. The quantitative estimate of drug-likeness (QED) is 0.863. The lowest BCUT2D eigenvalue weighted by atomic mass is 10.1. The number of amides is 1. The lowest BCUT2D eigenvalue weighted by molar-refractivity contribution is 0.0950. The lowest BCUT2D eigenvalue weighted by Crippen LogP contribution is -2.44. The van der Waals surface area contributed by atoms with Crippen LogP contribution in [-0.4, -0.2) is 53.6 Å². The molecule has 2 heterocycles. The van der Waals surface area contributed by atoms with Crippen molar-refractivity contribution in [2.75, 3.05) is 38.1 Å². The predicted octanol–water partition coefficient (Wildman–Crippen LogP) is 2.22. The van der Waals surface area contributed by atoms with E-state index in [4.69, 9.17) is 0 Å². The number of benzene rings is 1. The van der Waals surface area contributed by atoms with E-state index in [-0.39, 0.29) is 5.91 Å². The van der Waals surface area contributed by atoms with Crippen molar-refractivity contribution >= 4 is 11.6 Å². The minimum absolute atomic E-state index is 0.0489. The third kappa shape index (κ3) is 4.64. The maximum atomic E-state index is 12.4. The second kappa shape index (κ2) is 8.36. The lowest BCUT2D eigenvalue weighted by Gasteiger charge is -2.34. The summed E-state index contributed by atoms with van der Waals surface area (Å²) in [5, 5.41) is 3.00. The summed E-state index contributed by atoms with van der Waals surface area (Å²) in [5.74, 6) is 0.494. The highest BCUT2D eigenvalue weighted by atomic mass is 16.1. The number of likely N-dealkylation sites (N-methyl/N-ethyl adjacent to an activating group) is 1. The van der Waals surface area contributed by atoms with E-state index in [9.17, 15) is 4.79 Å². The Morgan fingerprint density at radius 3 is 2.50 bits per heavy atom. The summed E-state index contributed by atoms with van der Waals surface area (Å²) in [6.45, 7) is 9.95. The van der Waals surface area contributed by atoms with Crippen LogP contribution in [0.2, 0.25) is 0 Å². The third-order valence-electron chi connectivity index (χ3n) is 4.79. The maximum Gasteiger partial charge on any atom is 0.251 e. The number of nitrogens with zero attached hydrogens (tertiary/aromatic N) is 4. The summed E-state index contributed by atoms with van der Waals surface area (Å²) in [7, 11) is 2.15. The fourth-order valence-electron chi connectivity index (χ4n) is 3.21. The molecule has 0 aliphatic carbocycles. The van der Waals surface area contributed by atoms with E-state index < -0.39 is 0 Å². The monoisotopic (exact) mass is 355 g/mol. The molecular formula is C20H29N5O. The molecular weight excluding hydrogens is 326 g/mol. The van der Waals surface area contributed by atoms with E-state index in [0.717, 1.165) is 38.4 Å². The number of carbonyl (C=O) groups excluding carboxylic acids is 1. The zero-order valence-corrected chi connectivity index (χ0v) is 16.0. The van der Waals surface area contributed by atoms with Gasteiger partial charge in [0, 0.05) is 50.2 Å². The summed E-state index contributed by atoms with van der Waals surface area (Å²) in [6, 6.07) is 7.91. The van der Waals surface area contributed by atoms with Gasteiger partial charge in [-0.1, -0.05) is 13.8 Å². The Balaban J connectivity index is 1.56. The predicted molar refractivity (Wildman–Crippen MR) is 104 cm³/mol. The molecule has 0 unspecified atom stereocenters. The molecule has 26 heavy (non-hydrogen) atoms. The average Bonchev–Trinajstić information content (AvgIpc) is 3.07. The van der Waals surface area contributed by atoms with Crippen LogP contribution in [0, 0.1) is 5.92 Å². The molecule has 0 bridgehead atoms. The van der Waals surface area contributed by atoms with Crippen LogP contribution in [0.25, 0.3) is 0 Å². The molecule has 2 aromatic rings. The van der Waals surface area contributed by atoms with Gasteiger partial charge >= 0.3 is 0 Å². The Bertz CT molecular complexity index is 714. The van der Waals surface area contributed by atoms with Gasteiger partial charge in [0.25, 0.3) is 5.91 Å². The molecule has 0 radical (unpaired) electrons. The molecule has 6 heteroatoms. The Morgan fingerprint density at radius 1 is 1.15 bits per heavy atom. The van der Waals surface area contributed by atoms with E-state index in [1.807, 2.05) is 36.8 Å². The van der Waals surface area contributed by atoms with Gasteiger partial charge in [-0.15, -0.1) is 0 Å². The number of rotatable bonds is 6. The zero-order chi connectivity index (χ0) is 18.5. The number of aromatic nitrogens is 2. The summed E-state index contributed by atoms with van der Waals surface area (Å²) < 4.78 is 2.10. The summed E-state index contributed by atoms with van der Waals surface area (Å²) in [6.07, 6.45) is 3.64. The van der Waals surface area contributed by atoms with Crippen molar-refractivity contribution in [3.8, 4) is 0 Å². The van der Waals surface area contributed by atoms with Gasteiger partial charge in [0.05, 0.1) is 18.6 Å². The molecule has 1 N–H and O–H groups in total. The van der Waals surface area contributed by atoms with E-state index in [1.54, 1.807) is 0 Å². The van der Waals surface area contributed by atoms with E-state index in [0.29, 0.717) is 18.0 Å². The van der Waals surface area contributed by atoms with Crippen molar-refractivity contribution in [3.63, 3.8) is 0 Å². The second-order valence-corrected chi connectivity index (χ2v) is 7.45. The molecule has 1 aromatic carbocycles. The molecule has 1 fully saturated rings. The SMILES string of the molecule is CC(C)Cn1cncc1CNC(=O)c1ccc(N2CCN(C)CC2)cc1. The van der Waals surface area contributed by atoms with Gasteiger partial charge in [-0.25, -0.2) is 4.98 Å². The van der Waals surface area contributed by atoms with Gasteiger partial charge in [0.1, 0.15) is 0 Å². The minimum atomic E-state index is -0.0489. The van der Waals surface area contributed by atoms with Crippen molar-refractivity contribution in [1.82, 2.24) is 19.8 Å². The maximum absolute atomic E-state index is 12.4. The Labute approximate surface area is 155 Å². The second-order valence-electron chi connectivity index (χ2n) is 7.45. The highest BCUT2D eigenvalue weighted by Crippen LogP contribution is 2.17. The van der Waals surface area contributed by atoms with E-state index in [2.05, 4.69) is 45.6 Å². The normalized spacial score (nSPS) is 15.5. The van der Waals surface area contributed by atoms with Gasteiger partial charge in [-0.2, -0.15) is 0 Å². The molecule has 1 aliphatic rings. The number of piperazine rings is 1. The number of hydrogen-bond donors (Lipinski definition) is 1. The summed E-state index contributed by atoms with van der Waals surface area (Å²) in [4.78, 5) is 21.3. The number of carbonyl (C=O) groups is 1. The fraction of sp³-hybridized carbons (Fsp3) is 0.500. The van der Waals surface area contributed by atoms with Crippen LogP contribution < -0.4 is 10.2 Å². The first-order chi connectivity index (χ1) is 12.5. The van der Waals surface area contributed by atoms with Crippen LogP contribution in [0.15, 0.2) is 36.8 Å².